The molecule has 0 aromatic rings. The molecule has 0 rings (SSSR count). The molecule has 0 saturated carbocycles. The zero-order chi connectivity index (χ0) is 24.1. The quantitative estimate of drug-likeness (QED) is 0.0648. The Morgan fingerprint density at radius 2 is 1.09 bits per heavy atom. The Labute approximate surface area is 202 Å². The van der Waals surface area contributed by atoms with Crippen molar-refractivity contribution in [3.63, 3.8) is 0 Å². The third kappa shape index (κ3) is 20.4. The maximum Gasteiger partial charge on any atom is 0.373 e. The number of allylic oxidation sites excluding steroid dienone is 2. The van der Waals surface area contributed by atoms with E-state index in [4.69, 9.17) is 0 Å². The second-order valence-electron chi connectivity index (χ2n) is 11.0. The van der Waals surface area contributed by atoms with E-state index in [1.54, 1.807) is 0 Å². The predicted octanol–water partition coefficient (Wildman–Crippen LogP) is 8.75. The summed E-state index contributed by atoms with van der Waals surface area (Å²) in [7, 11) is 3.50. The minimum Gasteiger partial charge on any atom is -0.591 e. The van der Waals surface area contributed by atoms with E-state index in [9.17, 15) is 9.46 Å². The van der Waals surface area contributed by atoms with Gasteiger partial charge in [0.1, 0.15) is 0 Å². The highest BCUT2D eigenvalue weighted by molar-refractivity contribution is 7.37. The van der Waals surface area contributed by atoms with Crippen LogP contribution in [0.3, 0.4) is 0 Å². The van der Waals surface area contributed by atoms with Crippen LogP contribution in [0.1, 0.15) is 136 Å². The van der Waals surface area contributed by atoms with Crippen LogP contribution in [0.4, 0.5) is 0 Å². The fourth-order valence-corrected chi connectivity index (χ4v) is 5.48. The molecule has 0 saturated heterocycles. The van der Waals surface area contributed by atoms with Crippen LogP contribution in [0.2, 0.25) is 0 Å². The Morgan fingerprint density at radius 1 is 0.719 bits per heavy atom. The van der Waals surface area contributed by atoms with E-state index in [1.807, 2.05) is 21.1 Å². The number of nitrogens with zero attached hydrogens (tertiary/aromatic N) is 1. The van der Waals surface area contributed by atoms with Crippen LogP contribution in [-0.2, 0) is 4.57 Å². The fourth-order valence-electron chi connectivity index (χ4n) is 4.41. The van der Waals surface area contributed by atoms with Crippen molar-refractivity contribution in [1.29, 1.82) is 0 Å². The molecule has 0 heterocycles. The number of rotatable bonds is 23. The van der Waals surface area contributed by atoms with Gasteiger partial charge >= 0.3 is 8.03 Å². The van der Waals surface area contributed by atoms with E-state index in [0.717, 1.165) is 6.42 Å². The van der Waals surface area contributed by atoms with E-state index in [0.29, 0.717) is 16.8 Å². The SMILES string of the molecule is CCCCCCCCCCCCCCCCCCCC=CC(C)CC([P+](=O)[O-])[N+](C)(C)C. The molecular formula is C28H57NO2P+. The van der Waals surface area contributed by atoms with Gasteiger partial charge in [0, 0.05) is 0 Å². The second kappa shape index (κ2) is 21.3. The number of quaternary nitrogens is 1. The Balaban J connectivity index is 3.44. The van der Waals surface area contributed by atoms with E-state index < -0.39 is 8.03 Å². The molecule has 32 heavy (non-hydrogen) atoms. The maximum absolute atomic E-state index is 11.5. The summed E-state index contributed by atoms with van der Waals surface area (Å²) in [4.78, 5) is 11.5. The van der Waals surface area contributed by atoms with E-state index in [2.05, 4.69) is 26.0 Å². The molecule has 190 valence electrons. The normalized spacial score (nSPS) is 14.8. The van der Waals surface area contributed by atoms with Gasteiger partial charge in [-0.3, -0.25) is 4.48 Å². The first kappa shape index (κ1) is 31.8. The Kier molecular flexibility index (Phi) is 21.1. The van der Waals surface area contributed by atoms with Gasteiger partial charge in [0.05, 0.1) is 27.6 Å². The summed E-state index contributed by atoms with van der Waals surface area (Å²) in [6, 6.07) is 0. The van der Waals surface area contributed by atoms with Crippen LogP contribution in [0, 0.1) is 5.92 Å². The van der Waals surface area contributed by atoms with Crippen molar-refractivity contribution in [2.45, 2.75) is 142 Å². The lowest BCUT2D eigenvalue weighted by Gasteiger charge is -2.28. The third-order valence-electron chi connectivity index (χ3n) is 6.66. The van der Waals surface area contributed by atoms with Crippen molar-refractivity contribution in [2.75, 3.05) is 21.1 Å². The molecule has 0 aliphatic rings. The summed E-state index contributed by atoms with van der Waals surface area (Å²) >= 11 is 0. The van der Waals surface area contributed by atoms with E-state index in [-0.39, 0.29) is 5.78 Å². The van der Waals surface area contributed by atoms with E-state index in [1.165, 1.54) is 109 Å². The topological polar surface area (TPSA) is 40.1 Å². The molecule has 0 aromatic heterocycles. The minimum absolute atomic E-state index is 0.301. The monoisotopic (exact) mass is 470 g/mol. The van der Waals surface area contributed by atoms with Crippen LogP contribution in [0.25, 0.3) is 0 Å². The molecule has 4 heteroatoms. The standard InChI is InChI=1S/C28H57NO2P/c1-6-7-8-9-10-11-12-13-14-15-16-17-18-19-20-21-22-23-24-25-27(2)26-28(32(30)31)29(3,4)5/h24-25,27-28H,6-23,26H2,1-5H3/q+1. The molecule has 0 radical (unpaired) electrons. The Hall–Kier alpha value is -0.240. The fraction of sp³-hybridized carbons (Fsp3) is 0.929. The van der Waals surface area contributed by atoms with Crippen LogP contribution in [0.15, 0.2) is 12.2 Å². The zero-order valence-corrected chi connectivity index (χ0v) is 23.3. The van der Waals surface area contributed by atoms with Gasteiger partial charge in [-0.2, -0.15) is 0 Å². The summed E-state index contributed by atoms with van der Waals surface area (Å²) in [6.45, 7) is 4.42. The molecule has 0 aliphatic heterocycles. The first-order valence-electron chi connectivity index (χ1n) is 13.9. The van der Waals surface area contributed by atoms with Gasteiger partial charge in [-0.25, -0.2) is 0 Å². The van der Waals surface area contributed by atoms with Crippen LogP contribution < -0.4 is 4.89 Å². The number of hydrogen-bond donors (Lipinski definition) is 0. The molecule has 0 aromatic carbocycles. The van der Waals surface area contributed by atoms with Gasteiger partial charge in [0.2, 0.25) is 0 Å². The molecule has 0 aliphatic carbocycles. The third-order valence-corrected chi connectivity index (χ3v) is 8.05. The summed E-state index contributed by atoms with van der Waals surface area (Å²) in [5.41, 5.74) is 0. The van der Waals surface area contributed by atoms with Gasteiger partial charge in [-0.05, 0) is 18.8 Å². The molecule has 0 amide bonds. The highest BCUT2D eigenvalue weighted by atomic mass is 31.1. The summed E-state index contributed by atoms with van der Waals surface area (Å²) < 4.78 is 12.0. The van der Waals surface area contributed by atoms with Crippen LogP contribution in [-0.4, -0.2) is 31.4 Å². The van der Waals surface area contributed by atoms with Gasteiger partial charge in [-0.15, -0.1) is 0 Å². The molecular weight excluding hydrogens is 413 g/mol. The van der Waals surface area contributed by atoms with Crippen molar-refractivity contribution in [3.8, 4) is 0 Å². The second-order valence-corrected chi connectivity index (χ2v) is 12.1. The zero-order valence-electron chi connectivity index (χ0n) is 22.5. The molecule has 3 unspecified atom stereocenters. The van der Waals surface area contributed by atoms with Crippen molar-refractivity contribution in [2.24, 2.45) is 5.92 Å². The maximum atomic E-state index is 11.5. The summed E-state index contributed by atoms with van der Waals surface area (Å²) in [5, 5.41) is 0. The minimum atomic E-state index is -2.39. The molecule has 0 bridgehead atoms. The number of unbranched alkanes of at least 4 members (excludes halogenated alkanes) is 17. The smallest absolute Gasteiger partial charge is 0.373 e. The Morgan fingerprint density at radius 3 is 1.44 bits per heavy atom. The lowest BCUT2D eigenvalue weighted by atomic mass is 10.0. The van der Waals surface area contributed by atoms with Crippen LogP contribution >= 0.6 is 8.03 Å². The lowest BCUT2D eigenvalue weighted by molar-refractivity contribution is -0.883. The van der Waals surface area contributed by atoms with Gasteiger partial charge in [0.15, 0.2) is 0 Å². The molecule has 0 fully saturated rings. The molecule has 3 nitrogen and oxygen atoms in total. The van der Waals surface area contributed by atoms with Crippen molar-refractivity contribution < 1.29 is 13.9 Å². The van der Waals surface area contributed by atoms with Crippen LogP contribution in [0.5, 0.6) is 0 Å². The van der Waals surface area contributed by atoms with Gasteiger partial charge in [-0.1, -0.05) is 133 Å². The number of hydrogen-bond acceptors (Lipinski definition) is 2. The van der Waals surface area contributed by atoms with Gasteiger partial charge < -0.3 is 4.89 Å². The largest absolute Gasteiger partial charge is 0.591 e. The molecule has 3 atom stereocenters. The lowest BCUT2D eigenvalue weighted by Crippen LogP contribution is -2.44. The first-order valence-corrected chi connectivity index (χ1v) is 15.1. The van der Waals surface area contributed by atoms with E-state index >= 15 is 0 Å². The van der Waals surface area contributed by atoms with Crippen molar-refractivity contribution >= 4 is 8.03 Å². The molecule has 0 spiro atoms. The summed E-state index contributed by atoms with van der Waals surface area (Å²) in [6.07, 6.45) is 30.3. The van der Waals surface area contributed by atoms with Crippen molar-refractivity contribution in [3.05, 3.63) is 12.2 Å². The first-order chi connectivity index (χ1) is 15.3. The average molecular weight is 471 g/mol. The Bertz CT molecular complexity index is 459. The van der Waals surface area contributed by atoms with Crippen molar-refractivity contribution in [1.82, 2.24) is 0 Å². The average Bonchev–Trinajstić information content (AvgIpc) is 2.72. The predicted molar refractivity (Wildman–Crippen MR) is 141 cm³/mol. The van der Waals surface area contributed by atoms with Gasteiger partial charge in [0.25, 0.3) is 5.78 Å². The molecule has 0 N–H and O–H groups in total. The highest BCUT2D eigenvalue weighted by Gasteiger charge is 2.35. The summed E-state index contributed by atoms with van der Waals surface area (Å²) in [5.74, 6) is 0.0148. The highest BCUT2D eigenvalue weighted by Crippen LogP contribution is 2.30.